The Morgan fingerprint density at radius 1 is 1.44 bits per heavy atom. The molecule has 2 N–H and O–H groups in total. The Kier molecular flexibility index (Phi) is 5.45. The van der Waals surface area contributed by atoms with Crippen LogP contribution in [0.3, 0.4) is 0 Å². The number of urea groups is 1. The molecule has 0 radical (unpaired) electrons. The van der Waals surface area contributed by atoms with Crippen LogP contribution >= 0.6 is 0 Å². The number of nitrogens with one attached hydrogen (secondary N) is 2. The maximum absolute atomic E-state index is 11.6. The minimum atomic E-state index is -0.573. The molecule has 1 saturated heterocycles. The zero-order chi connectivity index (χ0) is 13.6. The molecule has 0 bridgehead atoms. The lowest BCUT2D eigenvalue weighted by Crippen LogP contribution is -2.45. The molecule has 0 saturated carbocycles. The Morgan fingerprint density at radius 3 is 2.56 bits per heavy atom. The maximum atomic E-state index is 11.6. The molecule has 1 aliphatic heterocycles. The van der Waals surface area contributed by atoms with Crippen molar-refractivity contribution in [1.29, 1.82) is 0 Å². The largest absolute Gasteiger partial charge is 0.348 e. The van der Waals surface area contributed by atoms with Crippen molar-refractivity contribution < 1.29 is 14.3 Å². The quantitative estimate of drug-likeness (QED) is 0.722. The lowest BCUT2D eigenvalue weighted by Gasteiger charge is -2.22. The van der Waals surface area contributed by atoms with E-state index >= 15 is 0 Å². The van der Waals surface area contributed by atoms with E-state index in [0.717, 1.165) is 0 Å². The summed E-state index contributed by atoms with van der Waals surface area (Å²) >= 11 is 0. The molecule has 0 aliphatic carbocycles. The van der Waals surface area contributed by atoms with Gasteiger partial charge in [0.2, 0.25) is 0 Å². The Morgan fingerprint density at radius 2 is 2.06 bits per heavy atom. The van der Waals surface area contributed by atoms with Crippen LogP contribution < -0.4 is 10.6 Å². The number of terminal acetylenes is 1. The molecular formula is C13H22N2O3. The highest BCUT2D eigenvalue weighted by Crippen LogP contribution is 2.21. The first-order chi connectivity index (χ1) is 8.47. The molecule has 1 fully saturated rings. The molecule has 1 atom stereocenters. The van der Waals surface area contributed by atoms with Gasteiger partial charge in [0.1, 0.15) is 0 Å². The molecule has 1 heterocycles. The number of amides is 2. The molecule has 5 nitrogen and oxygen atoms in total. The van der Waals surface area contributed by atoms with Crippen molar-refractivity contribution in [2.75, 3.05) is 19.8 Å². The first kappa shape index (κ1) is 14.8. The van der Waals surface area contributed by atoms with Gasteiger partial charge in [0.15, 0.2) is 5.79 Å². The molecule has 0 aromatic carbocycles. The van der Waals surface area contributed by atoms with E-state index in [1.54, 1.807) is 0 Å². The number of hydrogen-bond acceptors (Lipinski definition) is 3. The summed E-state index contributed by atoms with van der Waals surface area (Å²) in [5.74, 6) is 2.19. The lowest BCUT2D eigenvalue weighted by molar-refractivity contribution is -0.145. The number of carbonyl (C=O) groups excluding carboxylic acids is 1. The molecule has 0 spiro atoms. The zero-order valence-electron chi connectivity index (χ0n) is 11.3. The molecular weight excluding hydrogens is 232 g/mol. The fourth-order valence-corrected chi connectivity index (χ4v) is 1.70. The topological polar surface area (TPSA) is 59.6 Å². The third-order valence-electron chi connectivity index (χ3n) is 2.90. The van der Waals surface area contributed by atoms with E-state index in [9.17, 15) is 4.79 Å². The van der Waals surface area contributed by atoms with Gasteiger partial charge in [0.05, 0.1) is 19.3 Å². The second-order valence-corrected chi connectivity index (χ2v) is 4.87. The van der Waals surface area contributed by atoms with Crippen LogP contribution in [0, 0.1) is 18.3 Å². The van der Waals surface area contributed by atoms with Crippen molar-refractivity contribution in [2.24, 2.45) is 5.92 Å². The molecule has 1 rings (SSSR count). The minimum absolute atomic E-state index is 0.208. The summed E-state index contributed by atoms with van der Waals surface area (Å²) in [6.45, 7) is 7.50. The van der Waals surface area contributed by atoms with E-state index in [-0.39, 0.29) is 18.0 Å². The smallest absolute Gasteiger partial charge is 0.315 e. The summed E-state index contributed by atoms with van der Waals surface area (Å²) in [5.41, 5.74) is 0. The van der Waals surface area contributed by atoms with E-state index in [4.69, 9.17) is 15.9 Å². The second-order valence-electron chi connectivity index (χ2n) is 4.87. The molecule has 18 heavy (non-hydrogen) atoms. The Hall–Kier alpha value is -1.25. The number of hydrogen-bond donors (Lipinski definition) is 2. The third kappa shape index (κ3) is 4.55. The molecule has 0 unspecified atom stereocenters. The summed E-state index contributed by atoms with van der Waals surface area (Å²) in [4.78, 5) is 11.6. The van der Waals surface area contributed by atoms with Gasteiger partial charge in [0, 0.05) is 13.0 Å². The minimum Gasteiger partial charge on any atom is -0.348 e. The number of ether oxygens (including phenoxy) is 2. The van der Waals surface area contributed by atoms with E-state index in [1.807, 2.05) is 20.8 Å². The highest BCUT2D eigenvalue weighted by Gasteiger charge is 2.30. The Bertz CT molecular complexity index is 317. The van der Waals surface area contributed by atoms with E-state index in [1.165, 1.54) is 0 Å². The fourth-order valence-electron chi connectivity index (χ4n) is 1.70. The summed E-state index contributed by atoms with van der Waals surface area (Å²) in [6.07, 6.45) is 5.95. The Labute approximate surface area is 109 Å². The Balaban J connectivity index is 2.23. The van der Waals surface area contributed by atoms with E-state index in [0.29, 0.717) is 26.2 Å². The molecule has 2 amide bonds. The maximum Gasteiger partial charge on any atom is 0.315 e. The SMILES string of the molecule is C#C[C@H](NC(=O)NCCC1(C)OCCO1)C(C)C. The second kappa shape index (κ2) is 6.62. The summed E-state index contributed by atoms with van der Waals surface area (Å²) < 4.78 is 10.9. The lowest BCUT2D eigenvalue weighted by atomic mass is 10.1. The normalized spacial score (nSPS) is 19.3. The average molecular weight is 254 g/mol. The van der Waals surface area contributed by atoms with Gasteiger partial charge in [-0.15, -0.1) is 6.42 Å². The van der Waals surface area contributed by atoms with Gasteiger partial charge >= 0.3 is 6.03 Å². The standard InChI is InChI=1S/C13H22N2O3/c1-5-11(10(2)3)15-12(16)14-7-6-13(4)17-8-9-18-13/h1,10-11H,6-9H2,2-4H3,(H2,14,15,16)/t11-/m0/s1. The van der Waals surface area contributed by atoms with Crippen LogP contribution in [-0.4, -0.2) is 37.6 Å². The van der Waals surface area contributed by atoms with Crippen LogP contribution in [0.4, 0.5) is 4.79 Å². The predicted molar refractivity (Wildman–Crippen MR) is 68.9 cm³/mol. The number of rotatable bonds is 5. The fraction of sp³-hybridized carbons (Fsp3) is 0.769. The third-order valence-corrected chi connectivity index (χ3v) is 2.90. The predicted octanol–water partition coefficient (Wildman–Crippen LogP) is 1.10. The van der Waals surface area contributed by atoms with E-state index in [2.05, 4.69) is 16.6 Å². The van der Waals surface area contributed by atoms with E-state index < -0.39 is 5.79 Å². The van der Waals surface area contributed by atoms with Crippen LogP contribution in [0.25, 0.3) is 0 Å². The van der Waals surface area contributed by atoms with Crippen molar-refractivity contribution in [3.8, 4) is 12.3 Å². The van der Waals surface area contributed by atoms with Gasteiger partial charge in [-0.3, -0.25) is 0 Å². The molecule has 5 heteroatoms. The van der Waals surface area contributed by atoms with Gasteiger partial charge < -0.3 is 20.1 Å². The molecule has 1 aliphatic rings. The van der Waals surface area contributed by atoms with Crippen LogP contribution in [-0.2, 0) is 9.47 Å². The summed E-state index contributed by atoms with van der Waals surface area (Å²) in [7, 11) is 0. The first-order valence-corrected chi connectivity index (χ1v) is 6.25. The molecule has 102 valence electrons. The van der Waals surface area contributed by atoms with Crippen molar-refractivity contribution in [3.63, 3.8) is 0 Å². The van der Waals surface area contributed by atoms with Crippen molar-refractivity contribution in [3.05, 3.63) is 0 Å². The highest BCUT2D eigenvalue weighted by molar-refractivity contribution is 5.74. The van der Waals surface area contributed by atoms with Crippen LogP contribution in [0.5, 0.6) is 0 Å². The zero-order valence-corrected chi connectivity index (χ0v) is 11.3. The van der Waals surface area contributed by atoms with Crippen molar-refractivity contribution in [2.45, 2.75) is 39.0 Å². The van der Waals surface area contributed by atoms with Gasteiger partial charge in [-0.25, -0.2) is 4.79 Å². The average Bonchev–Trinajstić information content (AvgIpc) is 2.72. The van der Waals surface area contributed by atoms with Crippen LogP contribution in [0.1, 0.15) is 27.2 Å². The molecule has 0 aromatic rings. The first-order valence-electron chi connectivity index (χ1n) is 6.25. The van der Waals surface area contributed by atoms with Crippen molar-refractivity contribution >= 4 is 6.03 Å². The van der Waals surface area contributed by atoms with Crippen LogP contribution in [0.2, 0.25) is 0 Å². The molecule has 0 aromatic heterocycles. The van der Waals surface area contributed by atoms with Crippen LogP contribution in [0.15, 0.2) is 0 Å². The van der Waals surface area contributed by atoms with Gasteiger partial charge in [-0.2, -0.15) is 0 Å². The summed E-state index contributed by atoms with van der Waals surface area (Å²) in [6, 6.07) is -0.507. The van der Waals surface area contributed by atoms with Crippen molar-refractivity contribution in [1.82, 2.24) is 10.6 Å². The van der Waals surface area contributed by atoms with Gasteiger partial charge in [0.25, 0.3) is 0 Å². The number of carbonyl (C=O) groups is 1. The van der Waals surface area contributed by atoms with Gasteiger partial charge in [-0.1, -0.05) is 19.8 Å². The summed E-state index contributed by atoms with van der Waals surface area (Å²) in [5, 5.41) is 5.49. The highest BCUT2D eigenvalue weighted by atomic mass is 16.7. The monoisotopic (exact) mass is 254 g/mol. The van der Waals surface area contributed by atoms with Gasteiger partial charge in [-0.05, 0) is 12.8 Å².